The molecular formula is C21H25N3O3. The van der Waals surface area contributed by atoms with Crippen LogP contribution in [0.1, 0.15) is 34.3 Å². The standard InChI is InChI=1S/C21H25N3O3/c1-15-4-3-5-18(16(15)2)23-19-7-6-17(14-22-19)20(25)24-10-8-21(9-11-24)26-12-13-27-21/h3-7,14H,8-13H2,1-2H3,(H,22,23). The number of anilines is 2. The number of carbonyl (C=O) groups is 1. The molecule has 142 valence electrons. The molecule has 2 aromatic rings. The zero-order chi connectivity index (χ0) is 18.9. The molecule has 4 rings (SSSR count). The first-order valence-corrected chi connectivity index (χ1v) is 9.43. The second kappa shape index (κ2) is 7.29. The summed E-state index contributed by atoms with van der Waals surface area (Å²) in [6.45, 7) is 6.73. The lowest BCUT2D eigenvalue weighted by atomic mass is 10.0. The van der Waals surface area contributed by atoms with Gasteiger partial charge in [0.2, 0.25) is 0 Å². The van der Waals surface area contributed by atoms with Crippen LogP contribution in [0, 0.1) is 13.8 Å². The van der Waals surface area contributed by atoms with Gasteiger partial charge in [0.25, 0.3) is 5.91 Å². The minimum atomic E-state index is -0.464. The number of benzene rings is 1. The van der Waals surface area contributed by atoms with Crippen LogP contribution in [-0.4, -0.2) is 47.9 Å². The molecule has 1 amide bonds. The molecule has 0 unspecified atom stereocenters. The van der Waals surface area contributed by atoms with E-state index in [1.807, 2.05) is 29.2 Å². The van der Waals surface area contributed by atoms with Crippen LogP contribution >= 0.6 is 0 Å². The Bertz CT molecular complexity index is 819. The maximum absolute atomic E-state index is 12.8. The molecule has 0 radical (unpaired) electrons. The predicted molar refractivity (Wildman–Crippen MR) is 103 cm³/mol. The van der Waals surface area contributed by atoms with Crippen molar-refractivity contribution in [2.75, 3.05) is 31.6 Å². The highest BCUT2D eigenvalue weighted by Gasteiger charge is 2.40. The fraction of sp³-hybridized carbons (Fsp3) is 0.429. The van der Waals surface area contributed by atoms with Gasteiger partial charge >= 0.3 is 0 Å². The first-order valence-electron chi connectivity index (χ1n) is 9.43. The van der Waals surface area contributed by atoms with Crippen molar-refractivity contribution >= 4 is 17.4 Å². The van der Waals surface area contributed by atoms with Crippen molar-refractivity contribution in [3.05, 3.63) is 53.2 Å². The number of hydrogen-bond acceptors (Lipinski definition) is 5. The zero-order valence-electron chi connectivity index (χ0n) is 15.8. The van der Waals surface area contributed by atoms with Gasteiger partial charge in [-0.2, -0.15) is 0 Å². The normalized spacial score (nSPS) is 18.7. The Labute approximate surface area is 159 Å². The van der Waals surface area contributed by atoms with Crippen LogP contribution in [0.4, 0.5) is 11.5 Å². The topological polar surface area (TPSA) is 63.7 Å². The Balaban J connectivity index is 1.40. The highest BCUT2D eigenvalue weighted by atomic mass is 16.7. The zero-order valence-corrected chi connectivity index (χ0v) is 15.8. The van der Waals surface area contributed by atoms with Crippen LogP contribution in [0.3, 0.4) is 0 Å². The summed E-state index contributed by atoms with van der Waals surface area (Å²) in [4.78, 5) is 19.0. The van der Waals surface area contributed by atoms with E-state index in [2.05, 4.69) is 30.2 Å². The monoisotopic (exact) mass is 367 g/mol. The molecule has 2 aliphatic heterocycles. The van der Waals surface area contributed by atoms with Gasteiger partial charge in [-0.05, 0) is 43.2 Å². The summed E-state index contributed by atoms with van der Waals surface area (Å²) >= 11 is 0. The van der Waals surface area contributed by atoms with E-state index in [0.29, 0.717) is 31.9 Å². The first-order chi connectivity index (χ1) is 13.1. The SMILES string of the molecule is Cc1cccc(Nc2ccc(C(=O)N3CCC4(CC3)OCCO4)cn2)c1C. The van der Waals surface area contributed by atoms with E-state index < -0.39 is 5.79 Å². The number of piperidine rings is 1. The fourth-order valence-corrected chi connectivity index (χ4v) is 3.64. The van der Waals surface area contributed by atoms with Crippen LogP contribution in [0.15, 0.2) is 36.5 Å². The molecule has 27 heavy (non-hydrogen) atoms. The smallest absolute Gasteiger partial charge is 0.255 e. The van der Waals surface area contributed by atoms with Gasteiger partial charge in [0.15, 0.2) is 5.79 Å². The summed E-state index contributed by atoms with van der Waals surface area (Å²) in [6.07, 6.45) is 3.08. The van der Waals surface area contributed by atoms with Crippen LogP contribution in [0.25, 0.3) is 0 Å². The molecule has 0 bridgehead atoms. The minimum Gasteiger partial charge on any atom is -0.347 e. The molecule has 3 heterocycles. The lowest BCUT2D eigenvalue weighted by molar-refractivity contribution is -0.181. The maximum atomic E-state index is 12.8. The van der Waals surface area contributed by atoms with E-state index in [1.54, 1.807) is 6.20 Å². The van der Waals surface area contributed by atoms with Crippen molar-refractivity contribution < 1.29 is 14.3 Å². The van der Waals surface area contributed by atoms with E-state index in [-0.39, 0.29) is 5.91 Å². The van der Waals surface area contributed by atoms with Gasteiger partial charge < -0.3 is 19.7 Å². The molecule has 0 saturated carbocycles. The average Bonchev–Trinajstić information content (AvgIpc) is 3.14. The number of likely N-dealkylation sites (tertiary alicyclic amines) is 1. The molecule has 1 spiro atoms. The third-order valence-corrected chi connectivity index (χ3v) is 5.50. The largest absolute Gasteiger partial charge is 0.347 e. The number of nitrogens with one attached hydrogen (secondary N) is 1. The fourth-order valence-electron chi connectivity index (χ4n) is 3.64. The van der Waals surface area contributed by atoms with Crippen LogP contribution in [0.5, 0.6) is 0 Å². The second-order valence-corrected chi connectivity index (χ2v) is 7.20. The Hall–Kier alpha value is -2.44. The van der Waals surface area contributed by atoms with Crippen molar-refractivity contribution in [3.8, 4) is 0 Å². The summed E-state index contributed by atoms with van der Waals surface area (Å²) in [7, 11) is 0. The molecule has 6 nitrogen and oxygen atoms in total. The molecule has 1 N–H and O–H groups in total. The molecule has 0 aliphatic carbocycles. The first kappa shape index (κ1) is 17.9. The maximum Gasteiger partial charge on any atom is 0.255 e. The van der Waals surface area contributed by atoms with Gasteiger partial charge in [0.1, 0.15) is 5.82 Å². The van der Waals surface area contributed by atoms with Gasteiger partial charge in [0, 0.05) is 37.8 Å². The van der Waals surface area contributed by atoms with Crippen molar-refractivity contribution in [3.63, 3.8) is 0 Å². The van der Waals surface area contributed by atoms with Gasteiger partial charge in [0.05, 0.1) is 18.8 Å². The Morgan fingerprint density at radius 3 is 2.52 bits per heavy atom. The van der Waals surface area contributed by atoms with Gasteiger partial charge in [-0.15, -0.1) is 0 Å². The van der Waals surface area contributed by atoms with Crippen LogP contribution < -0.4 is 5.32 Å². The van der Waals surface area contributed by atoms with Crippen molar-refractivity contribution in [1.82, 2.24) is 9.88 Å². The Kier molecular flexibility index (Phi) is 4.85. The Morgan fingerprint density at radius 1 is 1.11 bits per heavy atom. The van der Waals surface area contributed by atoms with Gasteiger partial charge in [-0.25, -0.2) is 4.98 Å². The average molecular weight is 367 g/mol. The molecular weight excluding hydrogens is 342 g/mol. The number of aromatic nitrogens is 1. The molecule has 1 aromatic heterocycles. The van der Waals surface area contributed by atoms with E-state index in [0.717, 1.165) is 24.3 Å². The third-order valence-electron chi connectivity index (χ3n) is 5.50. The summed E-state index contributed by atoms with van der Waals surface area (Å²) in [5.74, 6) is 0.272. The van der Waals surface area contributed by atoms with Gasteiger partial charge in [-0.3, -0.25) is 4.79 Å². The van der Waals surface area contributed by atoms with Crippen molar-refractivity contribution in [2.45, 2.75) is 32.5 Å². The number of rotatable bonds is 3. The number of pyridine rings is 1. The van der Waals surface area contributed by atoms with Crippen molar-refractivity contribution in [1.29, 1.82) is 0 Å². The molecule has 1 aromatic carbocycles. The van der Waals surface area contributed by atoms with E-state index in [9.17, 15) is 4.79 Å². The number of hydrogen-bond donors (Lipinski definition) is 1. The third kappa shape index (κ3) is 3.68. The summed E-state index contributed by atoms with van der Waals surface area (Å²) in [5.41, 5.74) is 4.05. The van der Waals surface area contributed by atoms with E-state index in [1.165, 1.54) is 11.1 Å². The van der Waals surface area contributed by atoms with Crippen LogP contribution in [0.2, 0.25) is 0 Å². The molecule has 6 heteroatoms. The number of aryl methyl sites for hydroxylation is 1. The number of amides is 1. The lowest BCUT2D eigenvalue weighted by Crippen LogP contribution is -2.47. The quantitative estimate of drug-likeness (QED) is 0.901. The van der Waals surface area contributed by atoms with E-state index >= 15 is 0 Å². The molecule has 0 atom stereocenters. The molecule has 2 fully saturated rings. The number of nitrogens with zero attached hydrogens (tertiary/aromatic N) is 2. The summed E-state index contributed by atoms with van der Waals surface area (Å²) in [5, 5.41) is 3.32. The van der Waals surface area contributed by atoms with Gasteiger partial charge in [-0.1, -0.05) is 12.1 Å². The highest BCUT2D eigenvalue weighted by Crippen LogP contribution is 2.31. The minimum absolute atomic E-state index is 0.00799. The lowest BCUT2D eigenvalue weighted by Gasteiger charge is -2.37. The molecule has 2 saturated heterocycles. The van der Waals surface area contributed by atoms with Crippen LogP contribution in [-0.2, 0) is 9.47 Å². The second-order valence-electron chi connectivity index (χ2n) is 7.20. The van der Waals surface area contributed by atoms with E-state index in [4.69, 9.17) is 9.47 Å². The summed E-state index contributed by atoms with van der Waals surface area (Å²) in [6, 6.07) is 9.81. The Morgan fingerprint density at radius 2 is 1.85 bits per heavy atom. The predicted octanol–water partition coefficient (Wildman–Crippen LogP) is 3.42. The van der Waals surface area contributed by atoms with Crippen molar-refractivity contribution in [2.24, 2.45) is 0 Å². The number of ether oxygens (including phenoxy) is 2. The molecule has 2 aliphatic rings. The highest BCUT2D eigenvalue weighted by molar-refractivity contribution is 5.94. The summed E-state index contributed by atoms with van der Waals surface area (Å²) < 4.78 is 11.4. The number of carbonyl (C=O) groups excluding carboxylic acids is 1.